The van der Waals surface area contributed by atoms with Crippen LogP contribution in [0.25, 0.3) is 0 Å². The van der Waals surface area contributed by atoms with Crippen molar-refractivity contribution in [1.82, 2.24) is 0 Å². The fourth-order valence-corrected chi connectivity index (χ4v) is 1.80. The van der Waals surface area contributed by atoms with E-state index in [1.807, 2.05) is 0 Å². The van der Waals surface area contributed by atoms with Gasteiger partial charge in [0.1, 0.15) is 11.9 Å². The van der Waals surface area contributed by atoms with Crippen molar-refractivity contribution in [3.63, 3.8) is 0 Å². The molecule has 19 heavy (non-hydrogen) atoms. The SMILES string of the molecule is Cc1cccc(C(O)c2ccc(F)c(F)c2F)c1F. The summed E-state index contributed by atoms with van der Waals surface area (Å²) in [5.74, 6) is -5.28. The Morgan fingerprint density at radius 3 is 2.16 bits per heavy atom. The van der Waals surface area contributed by atoms with E-state index in [2.05, 4.69) is 0 Å². The fraction of sp³-hybridized carbons (Fsp3) is 0.143. The molecule has 0 aliphatic rings. The minimum absolute atomic E-state index is 0.190. The minimum atomic E-state index is -1.70. The summed E-state index contributed by atoms with van der Waals surface area (Å²) >= 11 is 0. The first-order valence-electron chi connectivity index (χ1n) is 5.50. The van der Waals surface area contributed by atoms with Gasteiger partial charge in [-0.2, -0.15) is 0 Å². The van der Waals surface area contributed by atoms with Crippen LogP contribution in [0.15, 0.2) is 30.3 Å². The van der Waals surface area contributed by atoms with Crippen molar-refractivity contribution < 1.29 is 22.7 Å². The van der Waals surface area contributed by atoms with Gasteiger partial charge in [0.2, 0.25) is 0 Å². The van der Waals surface area contributed by atoms with Crippen molar-refractivity contribution in [3.05, 3.63) is 70.3 Å². The summed E-state index contributed by atoms with van der Waals surface area (Å²) in [5.41, 5.74) is -0.437. The second kappa shape index (κ2) is 5.01. The number of aliphatic hydroxyl groups excluding tert-OH is 1. The molecule has 1 unspecified atom stereocenters. The Morgan fingerprint density at radius 1 is 0.842 bits per heavy atom. The van der Waals surface area contributed by atoms with Crippen molar-refractivity contribution in [2.75, 3.05) is 0 Å². The summed E-state index contributed by atoms with van der Waals surface area (Å²) in [7, 11) is 0. The molecule has 100 valence electrons. The van der Waals surface area contributed by atoms with Crippen molar-refractivity contribution >= 4 is 0 Å². The highest BCUT2D eigenvalue weighted by Gasteiger charge is 2.23. The molecular weight excluding hydrogens is 260 g/mol. The van der Waals surface area contributed by atoms with Gasteiger partial charge in [0.15, 0.2) is 17.5 Å². The van der Waals surface area contributed by atoms with Crippen LogP contribution in [0.4, 0.5) is 17.6 Å². The molecule has 0 amide bonds. The standard InChI is InChI=1S/C14H10F4O/c1-7-3-2-4-8(11(7)16)14(19)9-5-6-10(15)13(18)12(9)17/h2-6,14,19H,1H3. The minimum Gasteiger partial charge on any atom is -0.383 e. The fourth-order valence-electron chi connectivity index (χ4n) is 1.80. The topological polar surface area (TPSA) is 20.2 Å². The molecule has 0 saturated heterocycles. The first-order chi connectivity index (χ1) is 8.93. The van der Waals surface area contributed by atoms with Gasteiger partial charge in [-0.3, -0.25) is 0 Å². The van der Waals surface area contributed by atoms with E-state index < -0.39 is 34.9 Å². The van der Waals surface area contributed by atoms with Gasteiger partial charge in [-0.1, -0.05) is 24.3 Å². The number of benzene rings is 2. The molecule has 0 saturated carbocycles. The van der Waals surface area contributed by atoms with E-state index in [-0.39, 0.29) is 11.1 Å². The predicted molar refractivity (Wildman–Crippen MR) is 61.5 cm³/mol. The van der Waals surface area contributed by atoms with Gasteiger partial charge in [-0.05, 0) is 18.6 Å². The first kappa shape index (κ1) is 13.5. The van der Waals surface area contributed by atoms with Crippen LogP contribution in [-0.4, -0.2) is 5.11 Å². The average molecular weight is 270 g/mol. The first-order valence-corrected chi connectivity index (χ1v) is 5.50. The van der Waals surface area contributed by atoms with E-state index in [9.17, 15) is 22.7 Å². The van der Waals surface area contributed by atoms with Crippen LogP contribution >= 0.6 is 0 Å². The molecule has 0 aliphatic carbocycles. The Morgan fingerprint density at radius 2 is 1.47 bits per heavy atom. The summed E-state index contributed by atoms with van der Waals surface area (Å²) in [6.07, 6.45) is -1.70. The molecule has 0 radical (unpaired) electrons. The summed E-state index contributed by atoms with van der Waals surface area (Å²) in [4.78, 5) is 0. The normalized spacial score (nSPS) is 12.5. The number of hydrogen-bond acceptors (Lipinski definition) is 1. The summed E-state index contributed by atoms with van der Waals surface area (Å²) in [6.45, 7) is 1.48. The summed E-state index contributed by atoms with van der Waals surface area (Å²) in [6, 6.07) is 5.79. The third-order valence-corrected chi connectivity index (χ3v) is 2.88. The molecule has 5 heteroatoms. The van der Waals surface area contributed by atoms with Gasteiger partial charge in [0.05, 0.1) is 0 Å². The molecule has 0 spiro atoms. The maximum Gasteiger partial charge on any atom is 0.194 e. The highest BCUT2D eigenvalue weighted by molar-refractivity contribution is 5.35. The molecule has 1 nitrogen and oxygen atoms in total. The average Bonchev–Trinajstić information content (AvgIpc) is 2.39. The van der Waals surface area contributed by atoms with E-state index in [4.69, 9.17) is 0 Å². The maximum absolute atomic E-state index is 13.8. The van der Waals surface area contributed by atoms with Crippen LogP contribution in [0.1, 0.15) is 22.8 Å². The zero-order valence-electron chi connectivity index (χ0n) is 9.92. The third kappa shape index (κ3) is 2.33. The summed E-state index contributed by atoms with van der Waals surface area (Å²) in [5, 5.41) is 9.92. The van der Waals surface area contributed by atoms with Crippen LogP contribution in [0.2, 0.25) is 0 Å². The lowest BCUT2D eigenvalue weighted by Crippen LogP contribution is -2.08. The number of hydrogen-bond donors (Lipinski definition) is 1. The molecule has 2 aromatic carbocycles. The van der Waals surface area contributed by atoms with E-state index in [1.54, 1.807) is 0 Å². The van der Waals surface area contributed by atoms with Crippen molar-refractivity contribution in [2.24, 2.45) is 0 Å². The Kier molecular flexibility index (Phi) is 3.57. The molecular formula is C14H10F4O. The van der Waals surface area contributed by atoms with Crippen LogP contribution in [0.3, 0.4) is 0 Å². The van der Waals surface area contributed by atoms with Gasteiger partial charge < -0.3 is 5.11 Å². The molecule has 0 bridgehead atoms. The molecule has 2 aromatic rings. The number of halogens is 4. The highest BCUT2D eigenvalue weighted by Crippen LogP contribution is 2.29. The van der Waals surface area contributed by atoms with Crippen LogP contribution in [-0.2, 0) is 0 Å². The lowest BCUT2D eigenvalue weighted by Gasteiger charge is -2.14. The Bertz CT molecular complexity index is 625. The molecule has 0 heterocycles. The largest absolute Gasteiger partial charge is 0.383 e. The molecule has 1 atom stereocenters. The van der Waals surface area contributed by atoms with Gasteiger partial charge in [-0.15, -0.1) is 0 Å². The van der Waals surface area contributed by atoms with E-state index in [1.165, 1.54) is 25.1 Å². The van der Waals surface area contributed by atoms with Crippen molar-refractivity contribution in [3.8, 4) is 0 Å². The second-order valence-corrected chi connectivity index (χ2v) is 4.15. The van der Waals surface area contributed by atoms with E-state index >= 15 is 0 Å². The van der Waals surface area contributed by atoms with Crippen molar-refractivity contribution in [2.45, 2.75) is 13.0 Å². The molecule has 0 aromatic heterocycles. The Labute approximate surface area is 107 Å². The number of aryl methyl sites for hydroxylation is 1. The lowest BCUT2D eigenvalue weighted by atomic mass is 9.98. The predicted octanol–water partition coefficient (Wildman–Crippen LogP) is 3.63. The monoisotopic (exact) mass is 270 g/mol. The Hall–Kier alpha value is -1.88. The zero-order valence-corrected chi connectivity index (χ0v) is 9.92. The molecule has 0 aliphatic heterocycles. The Balaban J connectivity index is 2.53. The van der Waals surface area contributed by atoms with Gasteiger partial charge >= 0.3 is 0 Å². The lowest BCUT2D eigenvalue weighted by molar-refractivity contribution is 0.207. The molecule has 0 fully saturated rings. The number of rotatable bonds is 2. The zero-order chi connectivity index (χ0) is 14.2. The quantitative estimate of drug-likeness (QED) is 0.652. The maximum atomic E-state index is 13.8. The smallest absolute Gasteiger partial charge is 0.194 e. The van der Waals surface area contributed by atoms with Gasteiger partial charge in [-0.25, -0.2) is 17.6 Å². The van der Waals surface area contributed by atoms with E-state index in [0.717, 1.165) is 6.07 Å². The number of aliphatic hydroxyl groups is 1. The third-order valence-electron chi connectivity index (χ3n) is 2.88. The van der Waals surface area contributed by atoms with Gasteiger partial charge in [0, 0.05) is 11.1 Å². The van der Waals surface area contributed by atoms with Gasteiger partial charge in [0.25, 0.3) is 0 Å². The second-order valence-electron chi connectivity index (χ2n) is 4.15. The van der Waals surface area contributed by atoms with Crippen molar-refractivity contribution in [1.29, 1.82) is 0 Å². The molecule has 2 rings (SSSR count). The summed E-state index contributed by atoms with van der Waals surface area (Å²) < 4.78 is 53.2. The van der Waals surface area contributed by atoms with Crippen LogP contribution in [0.5, 0.6) is 0 Å². The van der Waals surface area contributed by atoms with Crippen LogP contribution < -0.4 is 0 Å². The van der Waals surface area contributed by atoms with Crippen LogP contribution in [0, 0.1) is 30.2 Å². The highest BCUT2D eigenvalue weighted by atomic mass is 19.2. The van der Waals surface area contributed by atoms with E-state index in [0.29, 0.717) is 6.07 Å². The molecule has 1 N–H and O–H groups in total.